The molecule has 0 saturated carbocycles. The van der Waals surface area contributed by atoms with E-state index in [1.807, 2.05) is 63.2 Å². The zero-order valence-corrected chi connectivity index (χ0v) is 16.7. The van der Waals surface area contributed by atoms with E-state index >= 15 is 0 Å². The van der Waals surface area contributed by atoms with Crippen LogP contribution in [0.1, 0.15) is 29.2 Å². The van der Waals surface area contributed by atoms with Crippen LogP contribution in [0.15, 0.2) is 42.5 Å². The number of ether oxygens (including phenoxy) is 1. The monoisotopic (exact) mass is 368 g/mol. The van der Waals surface area contributed by atoms with Crippen molar-refractivity contribution in [3.05, 3.63) is 64.7 Å². The maximum Gasteiger partial charge on any atom is 0.261 e. The van der Waals surface area contributed by atoms with Gasteiger partial charge in [0.05, 0.1) is 0 Å². The van der Waals surface area contributed by atoms with Crippen molar-refractivity contribution in [2.24, 2.45) is 0 Å². The molecule has 0 aromatic heterocycles. The summed E-state index contributed by atoms with van der Waals surface area (Å²) < 4.78 is 5.74. The van der Waals surface area contributed by atoms with Gasteiger partial charge in [0.1, 0.15) is 11.8 Å². The predicted molar refractivity (Wildman–Crippen MR) is 107 cm³/mol. The van der Waals surface area contributed by atoms with Gasteiger partial charge in [-0.25, -0.2) is 0 Å². The maximum absolute atomic E-state index is 12.9. The molecule has 0 heterocycles. The van der Waals surface area contributed by atoms with Crippen molar-refractivity contribution in [1.29, 1.82) is 0 Å². The zero-order chi connectivity index (χ0) is 20.0. The van der Waals surface area contributed by atoms with Crippen LogP contribution in [0.5, 0.6) is 5.75 Å². The van der Waals surface area contributed by atoms with Crippen molar-refractivity contribution >= 4 is 11.8 Å². The van der Waals surface area contributed by atoms with Gasteiger partial charge in [0.2, 0.25) is 5.91 Å². The van der Waals surface area contributed by atoms with Gasteiger partial charge in [0.25, 0.3) is 5.91 Å². The normalized spacial score (nSPS) is 11.6. The molecule has 2 aromatic carbocycles. The summed E-state index contributed by atoms with van der Waals surface area (Å²) in [5, 5.41) is 2.61. The van der Waals surface area contributed by atoms with E-state index < -0.39 is 6.04 Å². The summed E-state index contributed by atoms with van der Waals surface area (Å²) in [5.74, 6) is 0.243. The molecule has 0 aliphatic rings. The quantitative estimate of drug-likeness (QED) is 0.817. The number of aryl methyl sites for hydroxylation is 3. The third-order valence-electron chi connectivity index (χ3n) is 4.53. The minimum Gasteiger partial charge on any atom is -0.483 e. The first-order chi connectivity index (χ1) is 12.8. The Morgan fingerprint density at radius 1 is 1.07 bits per heavy atom. The number of nitrogens with one attached hydrogen (secondary N) is 1. The molecule has 5 heteroatoms. The molecule has 0 bridgehead atoms. The fraction of sp³-hybridized carbons (Fsp3) is 0.364. The van der Waals surface area contributed by atoms with Gasteiger partial charge in [-0.2, -0.15) is 0 Å². The molecule has 0 saturated heterocycles. The molecule has 0 fully saturated rings. The molecule has 2 amide bonds. The van der Waals surface area contributed by atoms with Crippen molar-refractivity contribution in [1.82, 2.24) is 10.2 Å². The summed E-state index contributed by atoms with van der Waals surface area (Å²) in [6, 6.07) is 13.2. The molecule has 5 nitrogen and oxygen atoms in total. The third-order valence-corrected chi connectivity index (χ3v) is 4.53. The number of benzene rings is 2. The van der Waals surface area contributed by atoms with Gasteiger partial charge in [-0.05, 0) is 44.9 Å². The second-order valence-corrected chi connectivity index (χ2v) is 6.86. The van der Waals surface area contributed by atoms with Crippen LogP contribution >= 0.6 is 0 Å². The maximum atomic E-state index is 12.9. The summed E-state index contributed by atoms with van der Waals surface area (Å²) in [7, 11) is 1.57. The van der Waals surface area contributed by atoms with E-state index in [0.29, 0.717) is 12.3 Å². The molecule has 1 N–H and O–H groups in total. The molecule has 2 aromatic rings. The SMILES string of the molecule is CNC(=O)[C@@H](C)N(Cc1cccc(C)c1)C(=O)COc1ccc(C)cc1C. The van der Waals surface area contributed by atoms with Crippen molar-refractivity contribution in [2.45, 2.75) is 40.3 Å². The van der Waals surface area contributed by atoms with Gasteiger partial charge in [-0.15, -0.1) is 0 Å². The number of rotatable bonds is 7. The Bertz CT molecular complexity index is 817. The second kappa shape index (κ2) is 9.21. The molecule has 0 aliphatic heterocycles. The molecule has 0 spiro atoms. The standard InChI is InChI=1S/C22H28N2O3/c1-15-7-6-8-19(12-15)13-24(18(4)22(26)23-5)21(25)14-27-20-10-9-16(2)11-17(20)3/h6-12,18H,13-14H2,1-5H3,(H,23,26)/t18-/m1/s1. The minimum absolute atomic E-state index is 0.114. The van der Waals surface area contributed by atoms with E-state index in [-0.39, 0.29) is 18.4 Å². The molecule has 144 valence electrons. The van der Waals surface area contributed by atoms with Gasteiger partial charge >= 0.3 is 0 Å². The van der Waals surface area contributed by atoms with E-state index in [1.54, 1.807) is 18.9 Å². The van der Waals surface area contributed by atoms with E-state index in [1.165, 1.54) is 0 Å². The summed E-state index contributed by atoms with van der Waals surface area (Å²) >= 11 is 0. The van der Waals surface area contributed by atoms with Gasteiger partial charge < -0.3 is 15.0 Å². The lowest BCUT2D eigenvalue weighted by molar-refractivity contribution is -0.142. The van der Waals surface area contributed by atoms with Gasteiger partial charge in [-0.3, -0.25) is 9.59 Å². The first-order valence-electron chi connectivity index (χ1n) is 9.08. The predicted octanol–water partition coefficient (Wildman–Crippen LogP) is 3.15. The van der Waals surface area contributed by atoms with E-state index in [2.05, 4.69) is 5.32 Å². The van der Waals surface area contributed by atoms with Crippen LogP contribution in [0.4, 0.5) is 0 Å². The average Bonchev–Trinajstić information content (AvgIpc) is 2.64. The number of likely N-dealkylation sites (N-methyl/N-ethyl adjacent to an activating group) is 1. The first kappa shape index (κ1) is 20.5. The highest BCUT2D eigenvalue weighted by molar-refractivity contribution is 5.87. The fourth-order valence-electron chi connectivity index (χ4n) is 2.98. The molecule has 2 rings (SSSR count). The van der Waals surface area contributed by atoms with Crippen LogP contribution < -0.4 is 10.1 Å². The van der Waals surface area contributed by atoms with Gasteiger partial charge in [-0.1, -0.05) is 47.5 Å². The van der Waals surface area contributed by atoms with Crippen molar-refractivity contribution in [2.75, 3.05) is 13.7 Å². The van der Waals surface area contributed by atoms with E-state index in [4.69, 9.17) is 4.74 Å². The Balaban J connectivity index is 2.15. The number of carbonyl (C=O) groups excluding carboxylic acids is 2. The van der Waals surface area contributed by atoms with Crippen molar-refractivity contribution in [3.8, 4) is 5.75 Å². The van der Waals surface area contributed by atoms with E-state index in [9.17, 15) is 9.59 Å². The van der Waals surface area contributed by atoms with Gasteiger partial charge in [0, 0.05) is 13.6 Å². The summed E-state index contributed by atoms with van der Waals surface area (Å²) in [6.45, 7) is 7.92. The summed E-state index contributed by atoms with van der Waals surface area (Å²) in [5.41, 5.74) is 4.21. The van der Waals surface area contributed by atoms with Crippen LogP contribution in [0.3, 0.4) is 0 Å². The van der Waals surface area contributed by atoms with Crippen LogP contribution in [0.2, 0.25) is 0 Å². The number of hydrogen-bond acceptors (Lipinski definition) is 3. The smallest absolute Gasteiger partial charge is 0.261 e. The fourth-order valence-corrected chi connectivity index (χ4v) is 2.98. The highest BCUT2D eigenvalue weighted by Crippen LogP contribution is 2.19. The Morgan fingerprint density at radius 3 is 2.41 bits per heavy atom. The zero-order valence-electron chi connectivity index (χ0n) is 16.7. The third kappa shape index (κ3) is 5.58. The Labute approximate surface area is 161 Å². The summed E-state index contributed by atoms with van der Waals surface area (Å²) in [4.78, 5) is 26.6. The largest absolute Gasteiger partial charge is 0.483 e. The topological polar surface area (TPSA) is 58.6 Å². The van der Waals surface area contributed by atoms with Crippen molar-refractivity contribution < 1.29 is 14.3 Å². The van der Waals surface area contributed by atoms with Crippen molar-refractivity contribution in [3.63, 3.8) is 0 Å². The number of hydrogen-bond donors (Lipinski definition) is 1. The highest BCUT2D eigenvalue weighted by atomic mass is 16.5. The number of carbonyl (C=O) groups is 2. The molecular weight excluding hydrogens is 340 g/mol. The number of amides is 2. The van der Waals surface area contributed by atoms with Crippen LogP contribution in [0, 0.1) is 20.8 Å². The van der Waals surface area contributed by atoms with Crippen LogP contribution in [-0.2, 0) is 16.1 Å². The molecule has 0 unspecified atom stereocenters. The molecule has 0 radical (unpaired) electrons. The molecule has 0 aliphatic carbocycles. The van der Waals surface area contributed by atoms with Crippen LogP contribution in [0.25, 0.3) is 0 Å². The lowest BCUT2D eigenvalue weighted by atomic mass is 10.1. The Hall–Kier alpha value is -2.82. The second-order valence-electron chi connectivity index (χ2n) is 6.86. The number of nitrogens with zero attached hydrogens (tertiary/aromatic N) is 1. The lowest BCUT2D eigenvalue weighted by Crippen LogP contribution is -2.48. The molecule has 1 atom stereocenters. The highest BCUT2D eigenvalue weighted by Gasteiger charge is 2.26. The first-order valence-corrected chi connectivity index (χ1v) is 9.08. The molecular formula is C22H28N2O3. The minimum atomic E-state index is -0.592. The Kier molecular flexibility index (Phi) is 6.99. The van der Waals surface area contributed by atoms with Crippen LogP contribution in [-0.4, -0.2) is 36.4 Å². The Morgan fingerprint density at radius 2 is 1.78 bits per heavy atom. The van der Waals surface area contributed by atoms with E-state index in [0.717, 1.165) is 22.3 Å². The average molecular weight is 368 g/mol. The molecule has 27 heavy (non-hydrogen) atoms. The lowest BCUT2D eigenvalue weighted by Gasteiger charge is -2.28. The van der Waals surface area contributed by atoms with Gasteiger partial charge in [0.15, 0.2) is 6.61 Å². The summed E-state index contributed by atoms with van der Waals surface area (Å²) in [6.07, 6.45) is 0.